The number of carbonyl (C=O) groups excluding carboxylic acids is 1. The summed E-state index contributed by atoms with van der Waals surface area (Å²) in [4.78, 5) is 19.4. The topological polar surface area (TPSA) is 66.9 Å². The van der Waals surface area contributed by atoms with Crippen molar-refractivity contribution in [3.63, 3.8) is 0 Å². The molecular weight excluding hydrogens is 240 g/mol. The Bertz CT molecular complexity index is 501. The molecule has 98 valence electrons. The minimum Gasteiger partial charge on any atom is -0.351 e. The molecule has 0 atom stereocenters. The minimum absolute atomic E-state index is 0.0271. The van der Waals surface area contributed by atoms with Crippen LogP contribution < -0.4 is 10.6 Å². The van der Waals surface area contributed by atoms with E-state index in [4.69, 9.17) is 0 Å². The molecule has 2 N–H and O–H groups in total. The molecule has 0 fully saturated rings. The van der Waals surface area contributed by atoms with Crippen molar-refractivity contribution in [2.24, 2.45) is 0 Å². The van der Waals surface area contributed by atoms with Crippen LogP contribution in [0.3, 0.4) is 0 Å². The van der Waals surface area contributed by atoms with Crippen LogP contribution in [0.25, 0.3) is 0 Å². The summed E-state index contributed by atoms with van der Waals surface area (Å²) >= 11 is 0. The van der Waals surface area contributed by atoms with Crippen LogP contribution in [0.2, 0.25) is 0 Å². The van der Waals surface area contributed by atoms with Crippen molar-refractivity contribution >= 4 is 5.91 Å². The van der Waals surface area contributed by atoms with Gasteiger partial charge in [0.05, 0.1) is 6.54 Å². The van der Waals surface area contributed by atoms with Crippen molar-refractivity contribution in [1.82, 2.24) is 20.6 Å². The summed E-state index contributed by atoms with van der Waals surface area (Å²) in [6.07, 6.45) is 4.93. The molecule has 0 saturated carbocycles. The molecular formula is C14H16N4O. The Balaban J connectivity index is 1.65. The van der Waals surface area contributed by atoms with Gasteiger partial charge in [0.1, 0.15) is 6.33 Å². The molecule has 0 spiro atoms. The third-order valence-electron chi connectivity index (χ3n) is 2.56. The van der Waals surface area contributed by atoms with Crippen molar-refractivity contribution in [2.45, 2.75) is 13.1 Å². The SMILES string of the molecule is O=C(CNCc1cncnc1)NCc1ccccc1. The first-order valence-corrected chi connectivity index (χ1v) is 6.10. The van der Waals surface area contributed by atoms with Crippen LogP contribution in [0.4, 0.5) is 0 Å². The Hall–Kier alpha value is -2.27. The highest BCUT2D eigenvalue weighted by molar-refractivity contribution is 5.77. The maximum Gasteiger partial charge on any atom is 0.234 e. The van der Waals surface area contributed by atoms with Gasteiger partial charge in [0.2, 0.25) is 5.91 Å². The fourth-order valence-corrected chi connectivity index (χ4v) is 1.60. The van der Waals surface area contributed by atoms with E-state index in [-0.39, 0.29) is 12.5 Å². The lowest BCUT2D eigenvalue weighted by Gasteiger charge is -2.06. The molecule has 0 aliphatic rings. The predicted octanol–water partition coefficient (Wildman–Crippen LogP) is 0.883. The largest absolute Gasteiger partial charge is 0.351 e. The third kappa shape index (κ3) is 4.85. The van der Waals surface area contributed by atoms with E-state index in [9.17, 15) is 4.79 Å². The van der Waals surface area contributed by atoms with Crippen LogP contribution in [0.1, 0.15) is 11.1 Å². The van der Waals surface area contributed by atoms with Gasteiger partial charge in [-0.1, -0.05) is 30.3 Å². The van der Waals surface area contributed by atoms with Gasteiger partial charge >= 0.3 is 0 Å². The van der Waals surface area contributed by atoms with Gasteiger partial charge in [0.15, 0.2) is 0 Å². The summed E-state index contributed by atoms with van der Waals surface area (Å²) in [5, 5.41) is 5.90. The summed E-state index contributed by atoms with van der Waals surface area (Å²) < 4.78 is 0. The predicted molar refractivity (Wildman–Crippen MR) is 72.0 cm³/mol. The molecule has 5 heteroatoms. The first-order valence-electron chi connectivity index (χ1n) is 6.10. The highest BCUT2D eigenvalue weighted by Crippen LogP contribution is 1.96. The molecule has 1 heterocycles. The summed E-state index contributed by atoms with van der Waals surface area (Å²) in [6, 6.07) is 9.82. The molecule has 0 aliphatic heterocycles. The van der Waals surface area contributed by atoms with E-state index in [1.807, 2.05) is 30.3 Å². The van der Waals surface area contributed by atoms with Crippen LogP contribution >= 0.6 is 0 Å². The molecule has 1 aromatic carbocycles. The summed E-state index contributed by atoms with van der Waals surface area (Å²) in [5.74, 6) is -0.0271. The number of hydrogen-bond acceptors (Lipinski definition) is 4. The molecule has 0 saturated heterocycles. The fourth-order valence-electron chi connectivity index (χ4n) is 1.60. The molecule has 19 heavy (non-hydrogen) atoms. The van der Waals surface area contributed by atoms with Gasteiger partial charge in [0, 0.05) is 31.0 Å². The second kappa shape index (κ2) is 7.23. The van der Waals surface area contributed by atoms with E-state index in [2.05, 4.69) is 20.6 Å². The van der Waals surface area contributed by atoms with E-state index >= 15 is 0 Å². The van der Waals surface area contributed by atoms with Gasteiger partial charge < -0.3 is 10.6 Å². The van der Waals surface area contributed by atoms with E-state index in [1.54, 1.807) is 12.4 Å². The number of nitrogens with zero attached hydrogens (tertiary/aromatic N) is 2. The maximum absolute atomic E-state index is 11.6. The number of amides is 1. The maximum atomic E-state index is 11.6. The lowest BCUT2D eigenvalue weighted by Crippen LogP contribution is -2.33. The van der Waals surface area contributed by atoms with Gasteiger partial charge in [-0.2, -0.15) is 0 Å². The molecule has 1 aromatic heterocycles. The Morgan fingerprint density at radius 2 is 1.74 bits per heavy atom. The standard InChI is InChI=1S/C14H16N4O/c19-14(18-9-12-4-2-1-3-5-12)10-15-6-13-7-16-11-17-8-13/h1-5,7-8,11,15H,6,9-10H2,(H,18,19). The van der Waals surface area contributed by atoms with E-state index in [0.717, 1.165) is 11.1 Å². The second-order valence-corrected chi connectivity index (χ2v) is 4.11. The van der Waals surface area contributed by atoms with Crippen LogP contribution in [-0.2, 0) is 17.9 Å². The number of benzene rings is 1. The summed E-state index contributed by atoms with van der Waals surface area (Å²) in [7, 11) is 0. The fraction of sp³-hybridized carbons (Fsp3) is 0.214. The first-order chi connectivity index (χ1) is 9.34. The van der Waals surface area contributed by atoms with Crippen molar-refractivity contribution in [3.05, 3.63) is 60.2 Å². The zero-order chi connectivity index (χ0) is 13.3. The second-order valence-electron chi connectivity index (χ2n) is 4.11. The molecule has 0 radical (unpaired) electrons. The van der Waals surface area contributed by atoms with Crippen molar-refractivity contribution in [3.8, 4) is 0 Å². The molecule has 0 aliphatic carbocycles. The Labute approximate surface area is 112 Å². The number of rotatable bonds is 6. The number of hydrogen-bond donors (Lipinski definition) is 2. The van der Waals surface area contributed by atoms with E-state index in [0.29, 0.717) is 13.1 Å². The van der Waals surface area contributed by atoms with E-state index in [1.165, 1.54) is 6.33 Å². The van der Waals surface area contributed by atoms with Crippen molar-refractivity contribution in [1.29, 1.82) is 0 Å². The van der Waals surface area contributed by atoms with Crippen molar-refractivity contribution < 1.29 is 4.79 Å². The first kappa shape index (κ1) is 13.2. The summed E-state index contributed by atoms with van der Waals surface area (Å²) in [5.41, 5.74) is 2.05. The Kier molecular flexibility index (Phi) is 5.01. The molecule has 0 unspecified atom stereocenters. The van der Waals surface area contributed by atoms with E-state index < -0.39 is 0 Å². The van der Waals surface area contributed by atoms with Crippen LogP contribution in [0.15, 0.2) is 49.1 Å². The van der Waals surface area contributed by atoms with Crippen LogP contribution in [-0.4, -0.2) is 22.4 Å². The highest BCUT2D eigenvalue weighted by Gasteiger charge is 2.00. The summed E-state index contributed by atoms with van der Waals surface area (Å²) in [6.45, 7) is 1.41. The quantitative estimate of drug-likeness (QED) is 0.805. The number of aromatic nitrogens is 2. The van der Waals surface area contributed by atoms with Gasteiger partial charge in [0.25, 0.3) is 0 Å². The molecule has 0 bridgehead atoms. The number of nitrogens with one attached hydrogen (secondary N) is 2. The Morgan fingerprint density at radius 1 is 1.00 bits per heavy atom. The van der Waals surface area contributed by atoms with Gasteiger partial charge in [-0.25, -0.2) is 9.97 Å². The normalized spacial score (nSPS) is 10.1. The monoisotopic (exact) mass is 256 g/mol. The van der Waals surface area contributed by atoms with Gasteiger partial charge in [-0.3, -0.25) is 4.79 Å². The molecule has 5 nitrogen and oxygen atoms in total. The average molecular weight is 256 g/mol. The zero-order valence-electron chi connectivity index (χ0n) is 10.5. The van der Waals surface area contributed by atoms with Crippen molar-refractivity contribution in [2.75, 3.05) is 6.54 Å². The zero-order valence-corrected chi connectivity index (χ0v) is 10.5. The molecule has 2 aromatic rings. The van der Waals surface area contributed by atoms with Crippen LogP contribution in [0.5, 0.6) is 0 Å². The average Bonchev–Trinajstić information content (AvgIpc) is 2.47. The minimum atomic E-state index is -0.0271. The highest BCUT2D eigenvalue weighted by atomic mass is 16.1. The van der Waals surface area contributed by atoms with Gasteiger partial charge in [-0.05, 0) is 5.56 Å². The lowest BCUT2D eigenvalue weighted by atomic mass is 10.2. The van der Waals surface area contributed by atoms with Crippen LogP contribution in [0, 0.1) is 0 Å². The Morgan fingerprint density at radius 3 is 2.47 bits per heavy atom. The van der Waals surface area contributed by atoms with Gasteiger partial charge in [-0.15, -0.1) is 0 Å². The lowest BCUT2D eigenvalue weighted by molar-refractivity contribution is -0.120. The molecule has 2 rings (SSSR count). The molecule has 1 amide bonds. The smallest absolute Gasteiger partial charge is 0.234 e. The number of carbonyl (C=O) groups is 1. The third-order valence-corrected chi connectivity index (χ3v) is 2.56.